The predicted octanol–water partition coefficient (Wildman–Crippen LogP) is 0.860. The van der Waals surface area contributed by atoms with Gasteiger partial charge < -0.3 is 5.11 Å². The zero-order chi connectivity index (χ0) is 16.9. The van der Waals surface area contributed by atoms with Gasteiger partial charge in [-0.15, -0.1) is 5.10 Å². The van der Waals surface area contributed by atoms with E-state index in [2.05, 4.69) is 20.5 Å². The van der Waals surface area contributed by atoms with Crippen LogP contribution in [0.2, 0.25) is 0 Å². The van der Waals surface area contributed by atoms with Crippen LogP contribution in [0.15, 0.2) is 48.9 Å². The molecule has 3 rings (SSSR count). The van der Waals surface area contributed by atoms with Crippen LogP contribution < -0.4 is 5.32 Å². The number of hydrogen-bond donors (Lipinski definition) is 2. The summed E-state index contributed by atoms with van der Waals surface area (Å²) in [6.07, 6.45) is 2.94. The van der Waals surface area contributed by atoms with E-state index < -0.39 is 11.9 Å². The average Bonchev–Trinajstić information content (AvgIpc) is 3.17. The van der Waals surface area contributed by atoms with Crippen LogP contribution in [0, 0.1) is 0 Å². The summed E-state index contributed by atoms with van der Waals surface area (Å²) in [5.74, 6) is -1.38. The number of nitrogens with one attached hydrogen (secondary N) is 1. The number of carboxylic acid groups (broad SMARTS) is 1. The minimum atomic E-state index is -1.04. The maximum atomic E-state index is 12.1. The molecule has 0 radical (unpaired) electrons. The largest absolute Gasteiger partial charge is 0.480 e. The van der Waals surface area contributed by atoms with Gasteiger partial charge in [0.15, 0.2) is 5.69 Å². The van der Waals surface area contributed by atoms with Gasteiger partial charge in [0.1, 0.15) is 12.9 Å². The molecule has 9 nitrogen and oxygen atoms in total. The number of aliphatic carboxylic acids is 1. The Labute approximate surface area is 136 Å². The Kier molecular flexibility index (Phi) is 4.32. The van der Waals surface area contributed by atoms with E-state index in [-0.39, 0.29) is 18.2 Å². The Balaban J connectivity index is 1.62. The first kappa shape index (κ1) is 15.4. The van der Waals surface area contributed by atoms with E-state index >= 15 is 0 Å². The molecule has 1 amide bonds. The van der Waals surface area contributed by atoms with Gasteiger partial charge >= 0.3 is 5.97 Å². The van der Waals surface area contributed by atoms with Crippen molar-refractivity contribution in [2.75, 3.05) is 5.32 Å². The van der Waals surface area contributed by atoms with E-state index in [1.54, 1.807) is 4.68 Å². The van der Waals surface area contributed by atoms with Crippen molar-refractivity contribution in [2.24, 2.45) is 0 Å². The number of hydrogen-bond acceptors (Lipinski definition) is 5. The van der Waals surface area contributed by atoms with E-state index in [9.17, 15) is 9.59 Å². The van der Waals surface area contributed by atoms with E-state index in [0.29, 0.717) is 6.54 Å². The van der Waals surface area contributed by atoms with Gasteiger partial charge in [-0.25, -0.2) is 9.67 Å². The molecule has 0 bridgehead atoms. The summed E-state index contributed by atoms with van der Waals surface area (Å²) in [5.41, 5.74) is 1.16. The Morgan fingerprint density at radius 2 is 1.88 bits per heavy atom. The normalized spacial score (nSPS) is 10.5. The summed E-state index contributed by atoms with van der Waals surface area (Å²) in [6, 6.07) is 11.2. The SMILES string of the molecule is O=C(O)Cn1ccc(C(=O)Nc2ncn(Cc3ccccc3)n2)n1. The first-order valence-electron chi connectivity index (χ1n) is 7.10. The molecule has 0 unspecified atom stereocenters. The summed E-state index contributed by atoms with van der Waals surface area (Å²) < 4.78 is 2.77. The standard InChI is InChI=1S/C15H14N6O3/c22-13(23)9-20-7-6-12(18-20)14(24)17-15-16-10-21(19-15)8-11-4-2-1-3-5-11/h1-7,10H,8-9H2,(H,22,23)(H,17,19,24). The Morgan fingerprint density at radius 1 is 1.08 bits per heavy atom. The first-order valence-corrected chi connectivity index (χ1v) is 7.10. The van der Waals surface area contributed by atoms with Gasteiger partial charge in [0.05, 0.1) is 6.54 Å². The van der Waals surface area contributed by atoms with Gasteiger partial charge in [0.2, 0.25) is 5.95 Å². The van der Waals surface area contributed by atoms with Crippen LogP contribution in [-0.2, 0) is 17.9 Å². The highest BCUT2D eigenvalue weighted by Gasteiger charge is 2.13. The molecule has 0 fully saturated rings. The monoisotopic (exact) mass is 326 g/mol. The molecular weight excluding hydrogens is 312 g/mol. The topological polar surface area (TPSA) is 115 Å². The summed E-state index contributed by atoms with van der Waals surface area (Å²) >= 11 is 0. The number of aromatic nitrogens is 5. The number of benzene rings is 1. The quantitative estimate of drug-likeness (QED) is 0.694. The van der Waals surface area contributed by atoms with Gasteiger partial charge in [-0.3, -0.25) is 19.6 Å². The van der Waals surface area contributed by atoms with Crippen LogP contribution in [0.3, 0.4) is 0 Å². The minimum Gasteiger partial charge on any atom is -0.480 e. The molecule has 122 valence electrons. The number of nitrogens with zero attached hydrogens (tertiary/aromatic N) is 5. The number of amides is 1. The fourth-order valence-corrected chi connectivity index (χ4v) is 2.07. The van der Waals surface area contributed by atoms with Gasteiger partial charge in [0.25, 0.3) is 5.91 Å². The van der Waals surface area contributed by atoms with Gasteiger partial charge in [-0.1, -0.05) is 30.3 Å². The van der Waals surface area contributed by atoms with Crippen LogP contribution in [0.5, 0.6) is 0 Å². The van der Waals surface area contributed by atoms with Crippen molar-refractivity contribution in [3.8, 4) is 0 Å². The number of carbonyl (C=O) groups is 2. The molecule has 0 aliphatic heterocycles. The molecular formula is C15H14N6O3. The van der Waals surface area contributed by atoms with Crippen molar-refractivity contribution in [3.63, 3.8) is 0 Å². The summed E-state index contributed by atoms with van der Waals surface area (Å²) in [5, 5.41) is 19.3. The molecule has 1 aromatic carbocycles. The second-order valence-electron chi connectivity index (χ2n) is 5.00. The van der Waals surface area contributed by atoms with Crippen LogP contribution in [0.25, 0.3) is 0 Å². The third-order valence-electron chi connectivity index (χ3n) is 3.12. The summed E-state index contributed by atoms with van der Waals surface area (Å²) in [4.78, 5) is 26.7. The first-order chi connectivity index (χ1) is 11.6. The van der Waals surface area contributed by atoms with Crippen molar-refractivity contribution >= 4 is 17.8 Å². The highest BCUT2D eigenvalue weighted by atomic mass is 16.4. The molecule has 2 aromatic heterocycles. The van der Waals surface area contributed by atoms with E-state index in [1.807, 2.05) is 30.3 Å². The Hall–Kier alpha value is -3.49. The second-order valence-corrected chi connectivity index (χ2v) is 5.00. The molecule has 0 saturated carbocycles. The third kappa shape index (κ3) is 3.83. The molecule has 9 heteroatoms. The van der Waals surface area contributed by atoms with Gasteiger partial charge in [-0.2, -0.15) is 5.10 Å². The summed E-state index contributed by atoms with van der Waals surface area (Å²) in [6.45, 7) is 0.230. The van der Waals surface area contributed by atoms with Crippen molar-refractivity contribution in [2.45, 2.75) is 13.1 Å². The maximum absolute atomic E-state index is 12.1. The maximum Gasteiger partial charge on any atom is 0.325 e. The number of rotatable bonds is 6. The van der Waals surface area contributed by atoms with Crippen molar-refractivity contribution < 1.29 is 14.7 Å². The lowest BCUT2D eigenvalue weighted by atomic mass is 10.2. The molecule has 0 aliphatic rings. The van der Waals surface area contributed by atoms with Crippen molar-refractivity contribution in [1.82, 2.24) is 24.5 Å². The predicted molar refractivity (Wildman–Crippen MR) is 83.4 cm³/mol. The highest BCUT2D eigenvalue weighted by molar-refractivity contribution is 6.01. The second kappa shape index (κ2) is 6.73. The molecule has 24 heavy (non-hydrogen) atoms. The molecule has 2 N–H and O–H groups in total. The number of carbonyl (C=O) groups excluding carboxylic acids is 1. The molecule has 0 aliphatic carbocycles. The highest BCUT2D eigenvalue weighted by Crippen LogP contribution is 2.05. The zero-order valence-corrected chi connectivity index (χ0v) is 12.5. The number of carboxylic acids is 1. The van der Waals surface area contributed by atoms with Crippen molar-refractivity contribution in [3.05, 3.63) is 60.2 Å². The van der Waals surface area contributed by atoms with Crippen LogP contribution in [0.4, 0.5) is 5.95 Å². The van der Waals surface area contributed by atoms with E-state index in [4.69, 9.17) is 5.11 Å². The van der Waals surface area contributed by atoms with Gasteiger partial charge in [-0.05, 0) is 11.6 Å². The van der Waals surface area contributed by atoms with Gasteiger partial charge in [0, 0.05) is 6.20 Å². The molecule has 0 saturated heterocycles. The molecule has 0 atom stereocenters. The third-order valence-corrected chi connectivity index (χ3v) is 3.12. The zero-order valence-electron chi connectivity index (χ0n) is 12.5. The minimum absolute atomic E-state index is 0.0932. The average molecular weight is 326 g/mol. The van der Waals surface area contributed by atoms with Crippen LogP contribution in [0.1, 0.15) is 16.1 Å². The van der Waals surface area contributed by atoms with E-state index in [0.717, 1.165) is 5.56 Å². The number of anilines is 1. The molecule has 3 aromatic rings. The Morgan fingerprint density at radius 3 is 2.62 bits per heavy atom. The Bertz CT molecular complexity index is 855. The smallest absolute Gasteiger partial charge is 0.325 e. The van der Waals surface area contributed by atoms with Crippen molar-refractivity contribution in [1.29, 1.82) is 0 Å². The summed E-state index contributed by atoms with van der Waals surface area (Å²) in [7, 11) is 0. The van der Waals surface area contributed by atoms with Crippen LogP contribution in [-0.4, -0.2) is 41.5 Å². The molecule has 2 heterocycles. The lowest BCUT2D eigenvalue weighted by molar-refractivity contribution is -0.137. The lowest BCUT2D eigenvalue weighted by Crippen LogP contribution is -2.16. The lowest BCUT2D eigenvalue weighted by Gasteiger charge is -2.00. The fraction of sp³-hybridized carbons (Fsp3) is 0.133. The van der Waals surface area contributed by atoms with Crippen LogP contribution >= 0.6 is 0 Å². The van der Waals surface area contributed by atoms with E-state index in [1.165, 1.54) is 23.3 Å². The molecule has 0 spiro atoms. The fourth-order valence-electron chi connectivity index (χ4n) is 2.07.